The van der Waals surface area contributed by atoms with Crippen LogP contribution in [0.2, 0.25) is 0 Å². The number of benzene rings is 1. The van der Waals surface area contributed by atoms with Crippen LogP contribution in [-0.4, -0.2) is 57.7 Å². The number of pyridine rings is 1. The number of ether oxygens (including phenoxy) is 2. The molecule has 3 aromatic rings. The molecule has 4 heterocycles. The Balaban J connectivity index is 1.25. The monoisotopic (exact) mass is 449 g/mol. The van der Waals surface area contributed by atoms with Crippen LogP contribution in [0.25, 0.3) is 0 Å². The van der Waals surface area contributed by atoms with Crippen LogP contribution in [0.4, 0.5) is 17.3 Å². The zero-order valence-corrected chi connectivity index (χ0v) is 17.9. The van der Waals surface area contributed by atoms with Gasteiger partial charge in [-0.25, -0.2) is 9.97 Å². The normalized spacial score (nSPS) is 15.5. The molecule has 1 saturated heterocycles. The molecule has 33 heavy (non-hydrogen) atoms. The predicted molar refractivity (Wildman–Crippen MR) is 120 cm³/mol. The molecule has 2 aliphatic heterocycles. The average Bonchev–Trinajstić information content (AvgIpc) is 3.31. The highest BCUT2D eigenvalue weighted by Gasteiger charge is 2.29. The van der Waals surface area contributed by atoms with E-state index in [1.54, 1.807) is 6.20 Å². The standard InChI is InChI=1S/C22H23N7O4/c30-29(31)20-21(24-12-17-3-1-2-6-23-17)25-14-26-22(20)28-9-7-27(8-10-28)13-16-4-5-18-19(11-16)33-15-32-18/h1-6,11,14H,7-10,12-13,15H2,(H,24,25,26). The van der Waals surface area contributed by atoms with Gasteiger partial charge < -0.3 is 19.7 Å². The first-order valence-electron chi connectivity index (χ1n) is 10.7. The molecule has 1 N–H and O–H groups in total. The molecule has 2 aromatic heterocycles. The molecule has 11 nitrogen and oxygen atoms in total. The van der Waals surface area contributed by atoms with Gasteiger partial charge in [0.2, 0.25) is 18.4 Å². The first kappa shape index (κ1) is 20.9. The van der Waals surface area contributed by atoms with Crippen molar-refractivity contribution in [2.75, 3.05) is 43.2 Å². The number of fused-ring (bicyclic) bond motifs is 1. The number of rotatable bonds is 7. The van der Waals surface area contributed by atoms with Gasteiger partial charge in [-0.15, -0.1) is 0 Å². The number of hydrogen-bond donors (Lipinski definition) is 1. The Kier molecular flexibility index (Phi) is 5.85. The van der Waals surface area contributed by atoms with Crippen LogP contribution in [0.3, 0.4) is 0 Å². The smallest absolute Gasteiger partial charge is 0.353 e. The minimum atomic E-state index is -0.422. The molecule has 0 bridgehead atoms. The Morgan fingerprint density at radius 1 is 1.03 bits per heavy atom. The summed E-state index contributed by atoms with van der Waals surface area (Å²) in [6.45, 7) is 4.13. The van der Waals surface area contributed by atoms with Gasteiger partial charge in [0.15, 0.2) is 11.5 Å². The summed E-state index contributed by atoms with van der Waals surface area (Å²) in [6.07, 6.45) is 3.04. The van der Waals surface area contributed by atoms with Crippen LogP contribution >= 0.6 is 0 Å². The van der Waals surface area contributed by atoms with Crippen molar-refractivity contribution >= 4 is 17.3 Å². The van der Waals surface area contributed by atoms with E-state index in [0.29, 0.717) is 25.5 Å². The Bertz CT molecular complexity index is 1140. The van der Waals surface area contributed by atoms with E-state index in [4.69, 9.17) is 9.47 Å². The Morgan fingerprint density at radius 3 is 2.67 bits per heavy atom. The average molecular weight is 449 g/mol. The summed E-state index contributed by atoms with van der Waals surface area (Å²) in [5.74, 6) is 2.07. The van der Waals surface area contributed by atoms with Gasteiger partial charge in [0.25, 0.3) is 0 Å². The van der Waals surface area contributed by atoms with Crippen molar-refractivity contribution in [3.05, 3.63) is 70.3 Å². The zero-order chi connectivity index (χ0) is 22.6. The molecule has 0 unspecified atom stereocenters. The highest BCUT2D eigenvalue weighted by atomic mass is 16.7. The van der Waals surface area contributed by atoms with E-state index in [1.807, 2.05) is 41.3 Å². The lowest BCUT2D eigenvalue weighted by Gasteiger charge is -2.35. The lowest BCUT2D eigenvalue weighted by atomic mass is 10.1. The van der Waals surface area contributed by atoms with Crippen LogP contribution in [0.1, 0.15) is 11.3 Å². The Labute approximate surface area is 190 Å². The number of piperazine rings is 1. The molecule has 0 spiro atoms. The van der Waals surface area contributed by atoms with Crippen molar-refractivity contribution in [2.45, 2.75) is 13.1 Å². The van der Waals surface area contributed by atoms with Gasteiger partial charge in [-0.3, -0.25) is 20.0 Å². The van der Waals surface area contributed by atoms with Gasteiger partial charge in [-0.1, -0.05) is 12.1 Å². The van der Waals surface area contributed by atoms with Crippen molar-refractivity contribution in [3.8, 4) is 11.5 Å². The number of anilines is 2. The maximum Gasteiger partial charge on any atom is 0.353 e. The van der Waals surface area contributed by atoms with Gasteiger partial charge >= 0.3 is 5.69 Å². The van der Waals surface area contributed by atoms with Gasteiger partial charge in [0, 0.05) is 38.9 Å². The molecule has 1 fully saturated rings. The van der Waals surface area contributed by atoms with Crippen LogP contribution < -0.4 is 19.7 Å². The second kappa shape index (κ2) is 9.25. The van der Waals surface area contributed by atoms with E-state index in [0.717, 1.165) is 42.4 Å². The number of hydrogen-bond acceptors (Lipinski definition) is 10. The maximum atomic E-state index is 11.9. The third kappa shape index (κ3) is 4.62. The molecule has 5 rings (SSSR count). The third-order valence-corrected chi connectivity index (χ3v) is 5.66. The van der Waals surface area contributed by atoms with Crippen molar-refractivity contribution < 1.29 is 14.4 Å². The van der Waals surface area contributed by atoms with Gasteiger partial charge in [-0.05, 0) is 29.8 Å². The summed E-state index contributed by atoms with van der Waals surface area (Å²) in [7, 11) is 0. The summed E-state index contributed by atoms with van der Waals surface area (Å²) in [5, 5.41) is 14.9. The van der Waals surface area contributed by atoms with Crippen LogP contribution in [0.5, 0.6) is 11.5 Å². The van der Waals surface area contributed by atoms with Crippen molar-refractivity contribution in [2.24, 2.45) is 0 Å². The quantitative estimate of drug-likeness (QED) is 0.425. The second-order valence-electron chi connectivity index (χ2n) is 7.78. The molecule has 0 radical (unpaired) electrons. The third-order valence-electron chi connectivity index (χ3n) is 5.66. The molecule has 0 aliphatic carbocycles. The van der Waals surface area contributed by atoms with E-state index < -0.39 is 4.92 Å². The molecule has 0 amide bonds. The van der Waals surface area contributed by atoms with Crippen LogP contribution in [0, 0.1) is 10.1 Å². The van der Waals surface area contributed by atoms with Crippen LogP contribution in [-0.2, 0) is 13.1 Å². The summed E-state index contributed by atoms with van der Waals surface area (Å²) in [5.41, 5.74) is 1.79. The molecule has 0 saturated carbocycles. The summed E-state index contributed by atoms with van der Waals surface area (Å²) in [4.78, 5) is 28.3. The van der Waals surface area contributed by atoms with Gasteiger partial charge in [0.1, 0.15) is 6.33 Å². The van der Waals surface area contributed by atoms with Gasteiger partial charge in [0.05, 0.1) is 17.2 Å². The second-order valence-corrected chi connectivity index (χ2v) is 7.78. The van der Waals surface area contributed by atoms with E-state index in [9.17, 15) is 10.1 Å². The number of nitrogens with one attached hydrogen (secondary N) is 1. The van der Waals surface area contributed by atoms with E-state index >= 15 is 0 Å². The first-order chi connectivity index (χ1) is 16.2. The fourth-order valence-corrected chi connectivity index (χ4v) is 3.99. The predicted octanol–water partition coefficient (Wildman–Crippen LogP) is 2.44. The topological polar surface area (TPSA) is 119 Å². The molecule has 0 atom stereocenters. The summed E-state index contributed by atoms with van der Waals surface area (Å²) < 4.78 is 10.8. The molecule has 170 valence electrons. The van der Waals surface area contributed by atoms with E-state index in [2.05, 4.69) is 25.2 Å². The fourth-order valence-electron chi connectivity index (χ4n) is 3.99. The molecule has 2 aliphatic rings. The highest BCUT2D eigenvalue weighted by Crippen LogP contribution is 2.34. The van der Waals surface area contributed by atoms with Crippen molar-refractivity contribution in [1.82, 2.24) is 19.9 Å². The van der Waals surface area contributed by atoms with Crippen molar-refractivity contribution in [1.29, 1.82) is 0 Å². The number of aromatic nitrogens is 3. The number of nitro groups is 1. The summed E-state index contributed by atoms with van der Waals surface area (Å²) >= 11 is 0. The van der Waals surface area contributed by atoms with E-state index in [1.165, 1.54) is 6.33 Å². The van der Waals surface area contributed by atoms with Crippen molar-refractivity contribution in [3.63, 3.8) is 0 Å². The minimum Gasteiger partial charge on any atom is -0.454 e. The summed E-state index contributed by atoms with van der Waals surface area (Å²) in [6, 6.07) is 11.5. The Morgan fingerprint density at radius 2 is 1.88 bits per heavy atom. The fraction of sp³-hybridized carbons (Fsp3) is 0.318. The van der Waals surface area contributed by atoms with E-state index in [-0.39, 0.29) is 18.3 Å². The largest absolute Gasteiger partial charge is 0.454 e. The molecule has 11 heteroatoms. The maximum absolute atomic E-state index is 11.9. The zero-order valence-electron chi connectivity index (χ0n) is 17.9. The lowest BCUT2D eigenvalue weighted by Crippen LogP contribution is -2.46. The lowest BCUT2D eigenvalue weighted by molar-refractivity contribution is -0.383. The number of nitrogens with zero attached hydrogens (tertiary/aromatic N) is 6. The molecular formula is C22H23N7O4. The SMILES string of the molecule is O=[N+]([O-])c1c(NCc2ccccn2)ncnc1N1CCN(Cc2ccc3c(c2)OCO3)CC1. The first-order valence-corrected chi connectivity index (χ1v) is 10.7. The van der Waals surface area contributed by atoms with Gasteiger partial charge in [-0.2, -0.15) is 0 Å². The Hall–Kier alpha value is -3.99. The molecule has 1 aromatic carbocycles. The van der Waals surface area contributed by atoms with Crippen LogP contribution in [0.15, 0.2) is 48.9 Å². The molecular weight excluding hydrogens is 426 g/mol. The highest BCUT2D eigenvalue weighted by molar-refractivity contribution is 5.70. The minimum absolute atomic E-state index is 0.113.